The molecule has 2 unspecified atom stereocenters. The van der Waals surface area contributed by atoms with E-state index in [9.17, 15) is 8.42 Å². The third-order valence-corrected chi connectivity index (χ3v) is 5.76. The van der Waals surface area contributed by atoms with E-state index in [1.165, 1.54) is 0 Å². The van der Waals surface area contributed by atoms with Crippen molar-refractivity contribution >= 4 is 10.0 Å². The molecule has 0 aromatic heterocycles. The van der Waals surface area contributed by atoms with Crippen LogP contribution in [-0.2, 0) is 10.0 Å². The van der Waals surface area contributed by atoms with Gasteiger partial charge in [-0.2, -0.15) is 0 Å². The van der Waals surface area contributed by atoms with E-state index in [-0.39, 0.29) is 23.8 Å². The lowest BCUT2D eigenvalue weighted by atomic mass is 9.87. The van der Waals surface area contributed by atoms with Crippen molar-refractivity contribution < 1.29 is 8.42 Å². The lowest BCUT2D eigenvalue weighted by molar-refractivity contribution is 0.313. The maximum Gasteiger partial charge on any atom is 0.212 e. The molecule has 0 aliphatic heterocycles. The van der Waals surface area contributed by atoms with E-state index in [0.717, 1.165) is 25.7 Å². The summed E-state index contributed by atoms with van der Waals surface area (Å²) < 4.78 is 27.4. The fourth-order valence-electron chi connectivity index (χ4n) is 2.99. The van der Waals surface area contributed by atoms with Crippen molar-refractivity contribution in [1.82, 2.24) is 4.72 Å². The van der Waals surface area contributed by atoms with E-state index in [1.807, 2.05) is 0 Å². The zero-order valence-electron chi connectivity index (χ0n) is 12.7. The predicted molar refractivity (Wildman–Crippen MR) is 80.3 cm³/mol. The average Bonchev–Trinajstić information content (AvgIpc) is 2.28. The Bertz CT molecular complexity index is 358. The molecule has 0 spiro atoms. The van der Waals surface area contributed by atoms with Gasteiger partial charge in [0.1, 0.15) is 0 Å². The summed E-state index contributed by atoms with van der Waals surface area (Å²) in [4.78, 5) is 0. The topological polar surface area (TPSA) is 72.2 Å². The minimum Gasteiger partial charge on any atom is -0.326 e. The number of nitrogens with one attached hydrogen (secondary N) is 1. The Kier molecular flexibility index (Phi) is 6.27. The van der Waals surface area contributed by atoms with Gasteiger partial charge in [-0.3, -0.25) is 0 Å². The molecule has 19 heavy (non-hydrogen) atoms. The third-order valence-electron chi connectivity index (χ3n) is 4.27. The second kappa shape index (κ2) is 7.04. The number of rotatable bonds is 6. The van der Waals surface area contributed by atoms with E-state index in [0.29, 0.717) is 11.8 Å². The molecule has 3 N–H and O–H groups in total. The average molecular weight is 290 g/mol. The lowest BCUT2D eigenvalue weighted by Gasteiger charge is -2.31. The second-order valence-electron chi connectivity index (χ2n) is 6.61. The maximum atomic E-state index is 12.3. The monoisotopic (exact) mass is 290 g/mol. The molecule has 1 rings (SSSR count). The van der Waals surface area contributed by atoms with Gasteiger partial charge in [0, 0.05) is 12.1 Å². The summed E-state index contributed by atoms with van der Waals surface area (Å²) in [6.07, 6.45) is 3.97. The van der Waals surface area contributed by atoms with Gasteiger partial charge in [-0.25, -0.2) is 13.1 Å². The van der Waals surface area contributed by atoms with Crippen LogP contribution in [0.2, 0.25) is 0 Å². The van der Waals surface area contributed by atoms with Crippen LogP contribution in [0.15, 0.2) is 0 Å². The minimum atomic E-state index is -3.23. The highest BCUT2D eigenvalue weighted by atomic mass is 32.2. The first-order valence-electron chi connectivity index (χ1n) is 7.48. The van der Waals surface area contributed by atoms with Crippen molar-refractivity contribution in [3.63, 3.8) is 0 Å². The van der Waals surface area contributed by atoms with Crippen LogP contribution in [0.25, 0.3) is 0 Å². The van der Waals surface area contributed by atoms with Crippen LogP contribution >= 0.6 is 0 Å². The summed E-state index contributed by atoms with van der Waals surface area (Å²) in [7, 11) is -3.23. The summed E-state index contributed by atoms with van der Waals surface area (Å²) in [5.74, 6) is 1.15. The molecule has 0 heterocycles. The molecule has 1 aliphatic carbocycles. The van der Waals surface area contributed by atoms with Crippen molar-refractivity contribution in [2.75, 3.05) is 5.75 Å². The van der Waals surface area contributed by atoms with Crippen LogP contribution in [0.5, 0.6) is 0 Å². The van der Waals surface area contributed by atoms with Crippen molar-refractivity contribution in [1.29, 1.82) is 0 Å². The van der Waals surface area contributed by atoms with E-state index >= 15 is 0 Å². The molecule has 5 heteroatoms. The zero-order valence-corrected chi connectivity index (χ0v) is 13.5. The van der Waals surface area contributed by atoms with Crippen LogP contribution in [0.1, 0.15) is 53.4 Å². The molecule has 1 saturated carbocycles. The first-order valence-corrected chi connectivity index (χ1v) is 9.13. The molecule has 1 fully saturated rings. The largest absolute Gasteiger partial charge is 0.326 e. The Hall–Kier alpha value is -0.130. The Balaban J connectivity index is 2.64. The van der Waals surface area contributed by atoms with Gasteiger partial charge < -0.3 is 5.73 Å². The van der Waals surface area contributed by atoms with Gasteiger partial charge in [-0.05, 0) is 30.6 Å². The molecule has 0 aromatic carbocycles. The summed E-state index contributed by atoms with van der Waals surface area (Å²) in [5.41, 5.74) is 6.01. The number of nitrogens with two attached hydrogens (primary N) is 1. The van der Waals surface area contributed by atoms with Gasteiger partial charge in [0.15, 0.2) is 0 Å². The lowest BCUT2D eigenvalue weighted by Crippen LogP contribution is -2.50. The summed E-state index contributed by atoms with van der Waals surface area (Å²) in [6.45, 7) is 8.36. The Morgan fingerprint density at radius 2 is 1.63 bits per heavy atom. The molecule has 0 bridgehead atoms. The molecule has 4 nitrogen and oxygen atoms in total. The van der Waals surface area contributed by atoms with E-state index < -0.39 is 10.0 Å². The molecular formula is C14H30N2O2S. The van der Waals surface area contributed by atoms with Crippen LogP contribution in [0.3, 0.4) is 0 Å². The van der Waals surface area contributed by atoms with Gasteiger partial charge in [-0.15, -0.1) is 0 Å². The molecular weight excluding hydrogens is 260 g/mol. The quantitative estimate of drug-likeness (QED) is 0.787. The van der Waals surface area contributed by atoms with Gasteiger partial charge >= 0.3 is 0 Å². The molecule has 0 radical (unpaired) electrons. The highest BCUT2D eigenvalue weighted by Gasteiger charge is 2.29. The number of sulfonamides is 1. The highest BCUT2D eigenvalue weighted by Crippen LogP contribution is 2.23. The highest BCUT2D eigenvalue weighted by molar-refractivity contribution is 7.89. The van der Waals surface area contributed by atoms with Gasteiger partial charge in [0.2, 0.25) is 10.0 Å². The summed E-state index contributed by atoms with van der Waals surface area (Å²) in [6, 6.07) is -0.0983. The van der Waals surface area contributed by atoms with E-state index in [2.05, 4.69) is 32.4 Å². The predicted octanol–water partition coefficient (Wildman–Crippen LogP) is 2.10. The zero-order chi connectivity index (χ0) is 14.6. The Morgan fingerprint density at radius 3 is 2.11 bits per heavy atom. The Morgan fingerprint density at radius 1 is 1.11 bits per heavy atom. The van der Waals surface area contributed by atoms with E-state index in [4.69, 9.17) is 5.73 Å². The van der Waals surface area contributed by atoms with Crippen molar-refractivity contribution in [2.45, 2.75) is 65.5 Å². The van der Waals surface area contributed by atoms with Gasteiger partial charge in [0.05, 0.1) is 5.75 Å². The normalized spacial score (nSPS) is 25.5. The molecule has 0 saturated heterocycles. The van der Waals surface area contributed by atoms with Crippen LogP contribution in [0.4, 0.5) is 0 Å². The number of hydrogen-bond acceptors (Lipinski definition) is 3. The van der Waals surface area contributed by atoms with E-state index in [1.54, 1.807) is 0 Å². The minimum absolute atomic E-state index is 0.0277. The molecule has 1 aliphatic rings. The van der Waals surface area contributed by atoms with Crippen LogP contribution in [0, 0.1) is 17.8 Å². The molecule has 114 valence electrons. The van der Waals surface area contributed by atoms with Crippen molar-refractivity contribution in [3.05, 3.63) is 0 Å². The second-order valence-corrected chi connectivity index (χ2v) is 8.40. The first-order chi connectivity index (χ1) is 8.73. The molecule has 0 amide bonds. The van der Waals surface area contributed by atoms with Gasteiger partial charge in [-0.1, -0.05) is 40.5 Å². The maximum absolute atomic E-state index is 12.3. The fourth-order valence-corrected chi connectivity index (χ4v) is 5.12. The smallest absolute Gasteiger partial charge is 0.212 e. The van der Waals surface area contributed by atoms with Crippen molar-refractivity contribution in [2.24, 2.45) is 23.5 Å². The van der Waals surface area contributed by atoms with Crippen molar-refractivity contribution in [3.8, 4) is 0 Å². The summed E-state index contributed by atoms with van der Waals surface area (Å²) in [5, 5.41) is 0. The van der Waals surface area contributed by atoms with Gasteiger partial charge in [0.25, 0.3) is 0 Å². The standard InChI is InChI=1S/C14H30N2O2S/c1-10(2)12(11(3)4)9-19(17,18)16-14-8-6-5-7-13(14)15/h10-14,16H,5-9,15H2,1-4H3. The SMILES string of the molecule is CC(C)C(CS(=O)(=O)NC1CCCCC1N)C(C)C. The fraction of sp³-hybridized carbons (Fsp3) is 1.00. The number of hydrogen-bond donors (Lipinski definition) is 2. The first kappa shape index (κ1) is 16.9. The third kappa shape index (κ3) is 5.40. The van der Waals surface area contributed by atoms with Crippen LogP contribution < -0.4 is 10.5 Å². The van der Waals surface area contributed by atoms with Crippen LogP contribution in [-0.4, -0.2) is 26.3 Å². The Labute approximate surface area is 118 Å². The molecule has 0 aromatic rings. The summed E-state index contributed by atoms with van der Waals surface area (Å²) >= 11 is 0. The molecule has 2 atom stereocenters.